The van der Waals surface area contributed by atoms with Crippen molar-refractivity contribution >= 4 is 39.1 Å². The van der Waals surface area contributed by atoms with Crippen LogP contribution in [-0.4, -0.2) is 56.6 Å². The van der Waals surface area contributed by atoms with Gasteiger partial charge in [0, 0.05) is 30.1 Å². The Bertz CT molecular complexity index is 1180. The zero-order valence-corrected chi connectivity index (χ0v) is 24.0. The maximum Gasteiger partial charge on any atom is 0.243 e. The molecule has 0 aliphatic rings. The first kappa shape index (κ1) is 30.4. The van der Waals surface area contributed by atoms with Gasteiger partial charge in [0.25, 0.3) is 0 Å². The Morgan fingerprint density at radius 3 is 2.35 bits per heavy atom. The van der Waals surface area contributed by atoms with E-state index in [2.05, 4.69) is 5.32 Å². The average Bonchev–Trinajstić information content (AvgIpc) is 2.79. The fourth-order valence-corrected chi connectivity index (χ4v) is 5.12. The summed E-state index contributed by atoms with van der Waals surface area (Å²) < 4.78 is 31.5. The molecule has 0 aliphatic heterocycles. The van der Waals surface area contributed by atoms with Crippen molar-refractivity contribution in [2.24, 2.45) is 0 Å². The van der Waals surface area contributed by atoms with Crippen LogP contribution in [0.4, 0.5) is 5.69 Å². The molecule has 0 saturated carbocycles. The first-order valence-electron chi connectivity index (χ1n) is 12.2. The van der Waals surface area contributed by atoms with Gasteiger partial charge in [-0.15, -0.1) is 0 Å². The summed E-state index contributed by atoms with van der Waals surface area (Å²) in [4.78, 5) is 28.2. The molecule has 2 aromatic rings. The third kappa shape index (κ3) is 9.55. The van der Waals surface area contributed by atoms with Crippen molar-refractivity contribution in [1.29, 1.82) is 0 Å². The molecule has 0 radical (unpaired) electrons. The lowest BCUT2D eigenvalue weighted by molar-refractivity contribution is -0.142. The predicted molar refractivity (Wildman–Crippen MR) is 148 cm³/mol. The first-order valence-corrected chi connectivity index (χ1v) is 14.5. The molecule has 2 amide bonds. The van der Waals surface area contributed by atoms with Crippen LogP contribution in [0.25, 0.3) is 0 Å². The molecular weight excluding hydrogens is 514 g/mol. The van der Waals surface area contributed by atoms with Gasteiger partial charge < -0.3 is 15.0 Å². The summed E-state index contributed by atoms with van der Waals surface area (Å²) in [6.07, 6.45) is 1.88. The molecule has 0 fully saturated rings. The molecule has 204 valence electrons. The van der Waals surface area contributed by atoms with Crippen molar-refractivity contribution in [1.82, 2.24) is 10.2 Å². The van der Waals surface area contributed by atoms with Gasteiger partial charge in [0.2, 0.25) is 21.8 Å². The molecule has 0 spiro atoms. The number of carbonyl (C=O) groups is 2. The Morgan fingerprint density at radius 1 is 1.11 bits per heavy atom. The second-order valence-corrected chi connectivity index (χ2v) is 12.3. The van der Waals surface area contributed by atoms with E-state index in [-0.39, 0.29) is 37.7 Å². The topological polar surface area (TPSA) is 96.0 Å². The largest absolute Gasteiger partial charge is 0.497 e. The molecule has 2 rings (SSSR count). The lowest BCUT2D eigenvalue weighted by Gasteiger charge is -2.33. The number of anilines is 1. The zero-order chi connectivity index (χ0) is 27.8. The summed E-state index contributed by atoms with van der Waals surface area (Å²) in [5.74, 6) is 0.184. The van der Waals surface area contributed by atoms with Crippen LogP contribution in [0.3, 0.4) is 0 Å². The van der Waals surface area contributed by atoms with Crippen molar-refractivity contribution in [2.75, 3.05) is 24.2 Å². The van der Waals surface area contributed by atoms with Gasteiger partial charge in [0.05, 0.1) is 19.1 Å². The summed E-state index contributed by atoms with van der Waals surface area (Å²) in [5, 5.41) is 3.40. The molecule has 1 N–H and O–H groups in total. The van der Waals surface area contributed by atoms with Crippen molar-refractivity contribution in [2.45, 2.75) is 65.1 Å². The molecule has 37 heavy (non-hydrogen) atoms. The zero-order valence-electron chi connectivity index (χ0n) is 22.5. The van der Waals surface area contributed by atoms with Crippen LogP contribution in [0.15, 0.2) is 48.5 Å². The molecule has 0 aromatic heterocycles. The number of carbonyl (C=O) groups excluding carboxylic acids is 2. The van der Waals surface area contributed by atoms with Crippen molar-refractivity contribution in [3.63, 3.8) is 0 Å². The highest BCUT2D eigenvalue weighted by Crippen LogP contribution is 2.23. The SMILES string of the molecule is CCC(C(=O)NC(C)(C)C)N(Cc1cccc(OC)c1)C(=O)CCCN(c1cccc(Cl)c1)S(C)(=O)=O. The number of hydrogen-bond acceptors (Lipinski definition) is 5. The van der Waals surface area contributed by atoms with Crippen LogP contribution in [0.2, 0.25) is 5.02 Å². The maximum atomic E-state index is 13.5. The molecule has 0 aliphatic carbocycles. The summed E-state index contributed by atoms with van der Waals surface area (Å²) >= 11 is 6.06. The van der Waals surface area contributed by atoms with Gasteiger partial charge in [-0.2, -0.15) is 0 Å². The van der Waals surface area contributed by atoms with Crippen LogP contribution < -0.4 is 14.4 Å². The van der Waals surface area contributed by atoms with E-state index in [1.807, 2.05) is 52.0 Å². The Hall–Kier alpha value is -2.78. The number of halogens is 1. The Labute approximate surface area is 226 Å². The quantitative estimate of drug-likeness (QED) is 0.415. The standard InChI is InChI=1S/C27H38ClN3O5S/c1-7-24(26(33)29-27(2,3)4)30(19-20-11-8-14-23(17-20)36-5)25(32)15-10-16-31(37(6,34)35)22-13-9-12-21(28)18-22/h8-9,11-14,17-18,24H,7,10,15-16,19H2,1-6H3,(H,29,33). The van der Waals surface area contributed by atoms with Crippen LogP contribution in [0.5, 0.6) is 5.75 Å². The number of nitrogens with one attached hydrogen (secondary N) is 1. The highest BCUT2D eigenvalue weighted by atomic mass is 35.5. The maximum absolute atomic E-state index is 13.5. The van der Waals surface area contributed by atoms with Crippen LogP contribution >= 0.6 is 11.6 Å². The van der Waals surface area contributed by atoms with E-state index in [0.29, 0.717) is 22.9 Å². The second-order valence-electron chi connectivity index (χ2n) is 9.96. The van der Waals surface area contributed by atoms with Crippen molar-refractivity contribution in [3.05, 3.63) is 59.1 Å². The Morgan fingerprint density at radius 2 is 1.78 bits per heavy atom. The molecule has 1 unspecified atom stereocenters. The third-order valence-electron chi connectivity index (χ3n) is 5.62. The molecule has 10 heteroatoms. The number of nitrogens with zero attached hydrogens (tertiary/aromatic N) is 2. The molecular formula is C27H38ClN3O5S. The van der Waals surface area contributed by atoms with E-state index < -0.39 is 21.6 Å². The molecule has 0 saturated heterocycles. The van der Waals surface area contributed by atoms with Gasteiger partial charge in [-0.05, 0) is 69.5 Å². The normalized spacial score (nSPS) is 12.5. The number of sulfonamides is 1. The highest BCUT2D eigenvalue weighted by Gasteiger charge is 2.30. The molecule has 1 atom stereocenters. The number of methoxy groups -OCH3 is 1. The summed E-state index contributed by atoms with van der Waals surface area (Å²) in [7, 11) is -2.02. The molecule has 2 aromatic carbocycles. The minimum atomic E-state index is -3.59. The van der Waals surface area contributed by atoms with E-state index in [0.717, 1.165) is 11.8 Å². The van der Waals surface area contributed by atoms with Gasteiger partial charge in [-0.1, -0.05) is 36.7 Å². The van der Waals surface area contributed by atoms with E-state index in [9.17, 15) is 18.0 Å². The van der Waals surface area contributed by atoms with Crippen molar-refractivity contribution in [3.8, 4) is 5.75 Å². The second kappa shape index (κ2) is 13.1. The highest BCUT2D eigenvalue weighted by molar-refractivity contribution is 7.92. The first-order chi connectivity index (χ1) is 17.2. The molecule has 0 bridgehead atoms. The lowest BCUT2D eigenvalue weighted by Crippen LogP contribution is -2.53. The van der Waals surface area contributed by atoms with Crippen LogP contribution in [0.1, 0.15) is 52.5 Å². The average molecular weight is 552 g/mol. The van der Waals surface area contributed by atoms with Gasteiger partial charge in [-0.25, -0.2) is 8.42 Å². The summed E-state index contributed by atoms with van der Waals surface area (Å²) in [6.45, 7) is 7.85. The van der Waals surface area contributed by atoms with Crippen LogP contribution in [0, 0.1) is 0 Å². The van der Waals surface area contributed by atoms with E-state index in [4.69, 9.17) is 16.3 Å². The Balaban J connectivity index is 2.26. The van der Waals surface area contributed by atoms with Crippen molar-refractivity contribution < 1.29 is 22.7 Å². The fraction of sp³-hybridized carbons (Fsp3) is 0.481. The number of benzene rings is 2. The monoisotopic (exact) mass is 551 g/mol. The van der Waals surface area contributed by atoms with E-state index in [1.54, 1.807) is 36.3 Å². The number of ether oxygens (including phenoxy) is 1. The number of hydrogen-bond donors (Lipinski definition) is 1. The van der Waals surface area contributed by atoms with E-state index in [1.165, 1.54) is 4.31 Å². The smallest absolute Gasteiger partial charge is 0.243 e. The minimum Gasteiger partial charge on any atom is -0.497 e. The number of amides is 2. The number of rotatable bonds is 12. The van der Waals surface area contributed by atoms with E-state index >= 15 is 0 Å². The Kier molecular flexibility index (Phi) is 10.8. The minimum absolute atomic E-state index is 0.0653. The molecule has 8 nitrogen and oxygen atoms in total. The van der Waals surface area contributed by atoms with Gasteiger partial charge in [-0.3, -0.25) is 13.9 Å². The molecule has 0 heterocycles. The van der Waals surface area contributed by atoms with Gasteiger partial charge in [0.15, 0.2) is 0 Å². The third-order valence-corrected chi connectivity index (χ3v) is 7.05. The predicted octanol–water partition coefficient (Wildman–Crippen LogP) is 4.62. The van der Waals surface area contributed by atoms with Gasteiger partial charge >= 0.3 is 0 Å². The summed E-state index contributed by atoms with van der Waals surface area (Å²) in [6, 6.07) is 13.3. The lowest BCUT2D eigenvalue weighted by atomic mass is 10.0. The summed E-state index contributed by atoms with van der Waals surface area (Å²) in [5.41, 5.74) is 0.806. The van der Waals surface area contributed by atoms with Gasteiger partial charge in [0.1, 0.15) is 11.8 Å². The fourth-order valence-electron chi connectivity index (χ4n) is 3.98. The van der Waals surface area contributed by atoms with Crippen LogP contribution in [-0.2, 0) is 26.2 Å².